The third-order valence-corrected chi connectivity index (χ3v) is 3.73. The average Bonchev–Trinajstić information content (AvgIpc) is 2.63. The van der Waals surface area contributed by atoms with Gasteiger partial charge in [0.15, 0.2) is 0 Å². The monoisotopic (exact) mass is 365 g/mol. The fraction of sp³-hybridized carbons (Fsp3) is 0.150. The standard InChI is InChI=1S/C20H20FN5O/c1-3-22-18-12-19(24-13(2)23-18)25-14-8-10-15(11-9-14)26-20(27)16-6-4-5-7-17(16)21/h4-12H,3H2,1-2H3,(H,26,27)(H2,22,23,24,25). The van der Waals surface area contributed by atoms with E-state index < -0.39 is 11.7 Å². The van der Waals surface area contributed by atoms with Gasteiger partial charge in [-0.3, -0.25) is 4.79 Å². The van der Waals surface area contributed by atoms with E-state index in [1.165, 1.54) is 12.1 Å². The SMILES string of the molecule is CCNc1cc(Nc2ccc(NC(=O)c3ccccc3F)cc2)nc(C)n1. The number of aryl methyl sites for hydroxylation is 1. The molecule has 0 radical (unpaired) electrons. The lowest BCUT2D eigenvalue weighted by Gasteiger charge is -2.10. The van der Waals surface area contributed by atoms with Crippen LogP contribution in [-0.2, 0) is 0 Å². The van der Waals surface area contributed by atoms with Gasteiger partial charge in [-0.05, 0) is 50.2 Å². The molecule has 0 atom stereocenters. The van der Waals surface area contributed by atoms with Gasteiger partial charge in [0.1, 0.15) is 23.3 Å². The summed E-state index contributed by atoms with van der Waals surface area (Å²) in [6.45, 7) is 4.60. The molecular formula is C20H20FN5O. The lowest BCUT2D eigenvalue weighted by atomic mass is 10.2. The lowest BCUT2D eigenvalue weighted by molar-refractivity contribution is 0.102. The Kier molecular flexibility index (Phi) is 5.61. The fourth-order valence-corrected chi connectivity index (χ4v) is 2.53. The van der Waals surface area contributed by atoms with Crippen LogP contribution >= 0.6 is 0 Å². The number of rotatable bonds is 6. The summed E-state index contributed by atoms with van der Waals surface area (Å²) < 4.78 is 13.7. The van der Waals surface area contributed by atoms with Crippen LogP contribution in [0.25, 0.3) is 0 Å². The maximum Gasteiger partial charge on any atom is 0.258 e. The van der Waals surface area contributed by atoms with E-state index in [-0.39, 0.29) is 5.56 Å². The molecule has 3 N–H and O–H groups in total. The maximum atomic E-state index is 13.7. The highest BCUT2D eigenvalue weighted by Gasteiger charge is 2.11. The number of benzene rings is 2. The van der Waals surface area contributed by atoms with Crippen molar-refractivity contribution in [3.63, 3.8) is 0 Å². The average molecular weight is 365 g/mol. The van der Waals surface area contributed by atoms with Gasteiger partial charge in [0.2, 0.25) is 0 Å². The summed E-state index contributed by atoms with van der Waals surface area (Å²) in [6, 6.07) is 14.8. The highest BCUT2D eigenvalue weighted by Crippen LogP contribution is 2.20. The lowest BCUT2D eigenvalue weighted by Crippen LogP contribution is -2.13. The van der Waals surface area contributed by atoms with Gasteiger partial charge < -0.3 is 16.0 Å². The molecule has 27 heavy (non-hydrogen) atoms. The first kappa shape index (κ1) is 18.3. The number of hydrogen-bond acceptors (Lipinski definition) is 5. The topological polar surface area (TPSA) is 78.9 Å². The van der Waals surface area contributed by atoms with Crippen molar-refractivity contribution >= 4 is 28.9 Å². The summed E-state index contributed by atoms with van der Waals surface area (Å²) >= 11 is 0. The second-order valence-corrected chi connectivity index (χ2v) is 5.85. The minimum atomic E-state index is -0.552. The molecule has 0 aliphatic rings. The van der Waals surface area contributed by atoms with E-state index >= 15 is 0 Å². The molecule has 0 bridgehead atoms. The van der Waals surface area contributed by atoms with Gasteiger partial charge in [-0.2, -0.15) is 0 Å². The fourth-order valence-electron chi connectivity index (χ4n) is 2.53. The Morgan fingerprint density at radius 1 is 1.00 bits per heavy atom. The molecule has 6 nitrogen and oxygen atoms in total. The number of amides is 1. The molecule has 0 saturated heterocycles. The molecule has 1 aromatic heterocycles. The van der Waals surface area contributed by atoms with E-state index in [4.69, 9.17) is 0 Å². The molecule has 0 unspecified atom stereocenters. The highest BCUT2D eigenvalue weighted by atomic mass is 19.1. The molecule has 138 valence electrons. The minimum absolute atomic E-state index is 0.00659. The van der Waals surface area contributed by atoms with Gasteiger partial charge in [0, 0.05) is 24.0 Å². The third-order valence-electron chi connectivity index (χ3n) is 3.73. The van der Waals surface area contributed by atoms with Crippen LogP contribution in [0.2, 0.25) is 0 Å². The number of carbonyl (C=O) groups is 1. The molecule has 0 spiro atoms. The summed E-state index contributed by atoms with van der Waals surface area (Å²) in [7, 11) is 0. The van der Waals surface area contributed by atoms with Gasteiger partial charge in [-0.15, -0.1) is 0 Å². The van der Waals surface area contributed by atoms with Crippen molar-refractivity contribution in [3.05, 3.63) is 71.8 Å². The van der Waals surface area contributed by atoms with Crippen molar-refractivity contribution in [2.24, 2.45) is 0 Å². The van der Waals surface area contributed by atoms with Crippen LogP contribution in [0.4, 0.5) is 27.4 Å². The zero-order chi connectivity index (χ0) is 19.2. The first-order valence-corrected chi connectivity index (χ1v) is 8.57. The third kappa shape index (κ3) is 4.78. The molecule has 0 aliphatic heterocycles. The second kappa shape index (κ2) is 8.27. The largest absolute Gasteiger partial charge is 0.370 e. The Hall–Kier alpha value is -3.48. The van der Waals surface area contributed by atoms with Crippen LogP contribution in [0.15, 0.2) is 54.6 Å². The molecule has 3 rings (SSSR count). The predicted molar refractivity (Wildman–Crippen MR) is 105 cm³/mol. The Morgan fingerprint density at radius 3 is 2.37 bits per heavy atom. The summed E-state index contributed by atoms with van der Waals surface area (Å²) in [6.07, 6.45) is 0. The van der Waals surface area contributed by atoms with Gasteiger partial charge in [0.05, 0.1) is 5.56 Å². The van der Waals surface area contributed by atoms with E-state index in [9.17, 15) is 9.18 Å². The first-order valence-electron chi connectivity index (χ1n) is 8.57. The molecule has 1 heterocycles. The predicted octanol–water partition coefficient (Wildman–Crippen LogP) is 4.35. The Balaban J connectivity index is 1.69. The van der Waals surface area contributed by atoms with E-state index in [1.807, 2.05) is 19.9 Å². The molecule has 3 aromatic rings. The quantitative estimate of drug-likeness (QED) is 0.605. The minimum Gasteiger partial charge on any atom is -0.370 e. The molecule has 7 heteroatoms. The molecule has 0 aliphatic carbocycles. The van der Waals surface area contributed by atoms with Gasteiger partial charge in [-0.1, -0.05) is 12.1 Å². The Bertz CT molecular complexity index is 943. The first-order chi connectivity index (χ1) is 13.0. The van der Waals surface area contributed by atoms with Crippen molar-refractivity contribution in [2.75, 3.05) is 22.5 Å². The maximum absolute atomic E-state index is 13.7. The van der Waals surface area contributed by atoms with E-state index in [2.05, 4.69) is 25.9 Å². The number of aromatic nitrogens is 2. The van der Waals surface area contributed by atoms with Crippen molar-refractivity contribution in [1.29, 1.82) is 0 Å². The van der Waals surface area contributed by atoms with Crippen LogP contribution in [0.1, 0.15) is 23.1 Å². The van der Waals surface area contributed by atoms with E-state index in [1.54, 1.807) is 36.4 Å². The van der Waals surface area contributed by atoms with Crippen molar-refractivity contribution in [2.45, 2.75) is 13.8 Å². The van der Waals surface area contributed by atoms with Gasteiger partial charge in [-0.25, -0.2) is 14.4 Å². The molecule has 0 fully saturated rings. The number of nitrogens with zero attached hydrogens (tertiary/aromatic N) is 2. The Labute approximate surface area is 156 Å². The van der Waals surface area contributed by atoms with Crippen molar-refractivity contribution < 1.29 is 9.18 Å². The zero-order valence-electron chi connectivity index (χ0n) is 15.1. The number of nitrogens with one attached hydrogen (secondary N) is 3. The molecule has 2 aromatic carbocycles. The smallest absolute Gasteiger partial charge is 0.258 e. The summed E-state index contributed by atoms with van der Waals surface area (Å²) in [5.74, 6) is 1.03. The van der Waals surface area contributed by atoms with Crippen molar-refractivity contribution in [3.8, 4) is 0 Å². The van der Waals surface area contributed by atoms with E-state index in [0.717, 1.165) is 18.1 Å². The summed E-state index contributed by atoms with van der Waals surface area (Å²) in [5, 5.41) is 9.04. The van der Waals surface area contributed by atoms with Crippen LogP contribution in [0.3, 0.4) is 0 Å². The Morgan fingerprint density at radius 2 is 1.67 bits per heavy atom. The molecule has 1 amide bonds. The summed E-state index contributed by atoms with van der Waals surface area (Å²) in [5.41, 5.74) is 1.38. The van der Waals surface area contributed by atoms with Crippen LogP contribution in [0, 0.1) is 12.7 Å². The second-order valence-electron chi connectivity index (χ2n) is 5.85. The molecule has 0 saturated carbocycles. The number of carbonyl (C=O) groups excluding carboxylic acids is 1. The van der Waals surface area contributed by atoms with Crippen LogP contribution in [0.5, 0.6) is 0 Å². The van der Waals surface area contributed by atoms with Crippen molar-refractivity contribution in [1.82, 2.24) is 9.97 Å². The highest BCUT2D eigenvalue weighted by molar-refractivity contribution is 6.04. The van der Waals surface area contributed by atoms with Crippen LogP contribution in [-0.4, -0.2) is 22.4 Å². The normalized spacial score (nSPS) is 10.3. The molecular weight excluding hydrogens is 345 g/mol. The number of hydrogen-bond donors (Lipinski definition) is 3. The number of anilines is 4. The number of halogens is 1. The van der Waals surface area contributed by atoms with Gasteiger partial charge in [0.25, 0.3) is 5.91 Å². The van der Waals surface area contributed by atoms with E-state index in [0.29, 0.717) is 17.3 Å². The van der Waals surface area contributed by atoms with Gasteiger partial charge >= 0.3 is 0 Å². The summed E-state index contributed by atoms with van der Waals surface area (Å²) in [4.78, 5) is 20.8. The zero-order valence-corrected chi connectivity index (χ0v) is 15.1. The van der Waals surface area contributed by atoms with Crippen LogP contribution < -0.4 is 16.0 Å².